The van der Waals surface area contributed by atoms with Gasteiger partial charge < -0.3 is 14.2 Å². The molecule has 10 heteroatoms. The minimum Gasteiger partial charge on any atom is -0.486 e. The minimum atomic E-state index is -4.15. The van der Waals surface area contributed by atoms with Crippen LogP contribution in [0, 0.1) is 0 Å². The predicted octanol–water partition coefficient (Wildman–Crippen LogP) is 3.52. The Hall–Kier alpha value is -2.16. The van der Waals surface area contributed by atoms with E-state index in [1.165, 1.54) is 36.4 Å². The van der Waals surface area contributed by atoms with Crippen molar-refractivity contribution in [2.24, 2.45) is 0 Å². The molecule has 2 aromatic carbocycles. The smallest absolute Gasteiger partial charge is 0.326 e. The summed E-state index contributed by atoms with van der Waals surface area (Å²) in [6, 6.07) is 8.52. The molecular weight excluding hydrogens is 429 g/mol. The van der Waals surface area contributed by atoms with E-state index in [1.807, 2.05) is 0 Å². The molecule has 0 atom stereocenters. The normalized spacial score (nSPS) is 13.1. The Labute approximate surface area is 172 Å². The van der Waals surface area contributed by atoms with Crippen LogP contribution < -0.4 is 13.8 Å². The van der Waals surface area contributed by atoms with Gasteiger partial charge in [0.2, 0.25) is 0 Å². The first-order chi connectivity index (χ1) is 13.3. The maximum absolute atomic E-state index is 13.3. The van der Waals surface area contributed by atoms with Crippen molar-refractivity contribution in [1.29, 1.82) is 0 Å². The van der Waals surface area contributed by atoms with Gasteiger partial charge in [0.25, 0.3) is 10.0 Å². The second-order valence-electron chi connectivity index (χ2n) is 5.75. The summed E-state index contributed by atoms with van der Waals surface area (Å²) >= 11 is 12.0. The molecule has 150 valence electrons. The first-order valence-corrected chi connectivity index (χ1v) is 10.5. The molecule has 0 aliphatic carbocycles. The molecule has 0 amide bonds. The van der Waals surface area contributed by atoms with Gasteiger partial charge in [-0.1, -0.05) is 23.2 Å². The molecule has 0 aromatic heterocycles. The van der Waals surface area contributed by atoms with Crippen LogP contribution in [-0.4, -0.2) is 40.8 Å². The number of rotatable bonds is 6. The third-order valence-corrected chi connectivity index (χ3v) is 6.02. The standard InChI is InChI=1S/C18H17Cl2NO6S/c1-2-25-18(22)11-21(14-8-12(19)7-13(20)9-14)28(23,24)15-3-4-16-17(10-15)27-6-5-26-16/h3-4,7-10H,2,5-6,11H2,1H3. The lowest BCUT2D eigenvalue weighted by atomic mass is 10.3. The molecule has 1 aliphatic rings. The van der Waals surface area contributed by atoms with Crippen LogP contribution in [0.25, 0.3) is 0 Å². The molecule has 0 saturated carbocycles. The van der Waals surface area contributed by atoms with E-state index in [1.54, 1.807) is 6.92 Å². The van der Waals surface area contributed by atoms with Crippen molar-refractivity contribution in [3.63, 3.8) is 0 Å². The van der Waals surface area contributed by atoms with Crippen molar-refractivity contribution in [3.05, 3.63) is 46.4 Å². The Kier molecular flexibility index (Phi) is 6.22. The van der Waals surface area contributed by atoms with Crippen LogP contribution >= 0.6 is 23.2 Å². The van der Waals surface area contributed by atoms with Gasteiger partial charge >= 0.3 is 5.97 Å². The van der Waals surface area contributed by atoms with Gasteiger partial charge in [-0.25, -0.2) is 8.42 Å². The van der Waals surface area contributed by atoms with Crippen LogP contribution in [0.1, 0.15) is 6.92 Å². The molecule has 2 aromatic rings. The average molecular weight is 446 g/mol. The van der Waals surface area contributed by atoms with Crippen molar-refractivity contribution in [1.82, 2.24) is 0 Å². The Bertz CT molecular complexity index is 975. The van der Waals surface area contributed by atoms with Gasteiger partial charge in [-0.3, -0.25) is 9.10 Å². The minimum absolute atomic E-state index is 0.0721. The number of benzene rings is 2. The molecule has 0 saturated heterocycles. The second kappa shape index (κ2) is 8.46. The van der Waals surface area contributed by atoms with Crippen molar-refractivity contribution >= 4 is 44.9 Å². The molecule has 0 spiro atoms. The molecule has 0 fully saturated rings. The number of carbonyl (C=O) groups excluding carboxylic acids is 1. The Morgan fingerprint density at radius 2 is 1.71 bits per heavy atom. The molecule has 3 rings (SSSR count). The fourth-order valence-electron chi connectivity index (χ4n) is 2.63. The first-order valence-electron chi connectivity index (χ1n) is 8.35. The van der Waals surface area contributed by atoms with E-state index in [2.05, 4.69) is 0 Å². The van der Waals surface area contributed by atoms with Crippen molar-refractivity contribution in [3.8, 4) is 11.5 Å². The Morgan fingerprint density at radius 3 is 2.36 bits per heavy atom. The van der Waals surface area contributed by atoms with E-state index in [9.17, 15) is 13.2 Å². The summed E-state index contributed by atoms with van der Waals surface area (Å²) in [5.41, 5.74) is 0.139. The highest BCUT2D eigenvalue weighted by Gasteiger charge is 2.29. The number of anilines is 1. The quantitative estimate of drug-likeness (QED) is 0.632. The fraction of sp³-hybridized carbons (Fsp3) is 0.278. The third-order valence-electron chi connectivity index (χ3n) is 3.81. The summed E-state index contributed by atoms with van der Waals surface area (Å²) in [4.78, 5) is 12.0. The van der Waals surface area contributed by atoms with Crippen LogP contribution in [0.4, 0.5) is 5.69 Å². The molecule has 7 nitrogen and oxygen atoms in total. The lowest BCUT2D eigenvalue weighted by molar-refractivity contribution is -0.141. The zero-order valence-electron chi connectivity index (χ0n) is 14.9. The number of carbonyl (C=O) groups is 1. The zero-order valence-corrected chi connectivity index (χ0v) is 17.2. The SMILES string of the molecule is CCOC(=O)CN(c1cc(Cl)cc(Cl)c1)S(=O)(=O)c1ccc2c(c1)OCCO2. The van der Waals surface area contributed by atoms with Gasteiger partial charge in [0.05, 0.1) is 17.2 Å². The molecule has 0 bridgehead atoms. The number of halogens is 2. The zero-order chi connectivity index (χ0) is 20.3. The second-order valence-corrected chi connectivity index (χ2v) is 8.48. The van der Waals surface area contributed by atoms with Crippen LogP contribution in [0.5, 0.6) is 11.5 Å². The number of fused-ring (bicyclic) bond motifs is 1. The van der Waals surface area contributed by atoms with Gasteiger partial charge in [0, 0.05) is 16.1 Å². The van der Waals surface area contributed by atoms with E-state index in [0.29, 0.717) is 24.7 Å². The van der Waals surface area contributed by atoms with Crippen LogP contribution in [0.2, 0.25) is 10.0 Å². The monoisotopic (exact) mass is 445 g/mol. The summed E-state index contributed by atoms with van der Waals surface area (Å²) in [6.45, 7) is 1.91. The van der Waals surface area contributed by atoms with Crippen LogP contribution in [0.15, 0.2) is 41.3 Å². The maximum Gasteiger partial charge on any atom is 0.326 e. The molecule has 1 aliphatic heterocycles. The van der Waals surface area contributed by atoms with Crippen LogP contribution in [0.3, 0.4) is 0 Å². The van der Waals surface area contributed by atoms with E-state index < -0.39 is 22.5 Å². The van der Waals surface area contributed by atoms with E-state index in [-0.39, 0.29) is 27.2 Å². The summed E-state index contributed by atoms with van der Waals surface area (Å²) < 4.78 is 43.3. The molecule has 0 N–H and O–H groups in total. The number of hydrogen-bond donors (Lipinski definition) is 0. The molecule has 0 radical (unpaired) electrons. The Morgan fingerprint density at radius 1 is 1.07 bits per heavy atom. The highest BCUT2D eigenvalue weighted by molar-refractivity contribution is 7.92. The van der Waals surface area contributed by atoms with E-state index in [0.717, 1.165) is 4.31 Å². The highest BCUT2D eigenvalue weighted by atomic mass is 35.5. The van der Waals surface area contributed by atoms with Gasteiger partial charge in [0.15, 0.2) is 11.5 Å². The highest BCUT2D eigenvalue weighted by Crippen LogP contribution is 2.35. The van der Waals surface area contributed by atoms with Crippen molar-refractivity contribution in [2.45, 2.75) is 11.8 Å². The van der Waals surface area contributed by atoms with Crippen LogP contribution in [-0.2, 0) is 19.6 Å². The number of sulfonamides is 1. The van der Waals surface area contributed by atoms with E-state index in [4.69, 9.17) is 37.4 Å². The van der Waals surface area contributed by atoms with Crippen molar-refractivity contribution < 1.29 is 27.4 Å². The topological polar surface area (TPSA) is 82.1 Å². The lowest BCUT2D eigenvalue weighted by Gasteiger charge is -2.25. The number of ether oxygens (including phenoxy) is 3. The number of esters is 1. The molecule has 28 heavy (non-hydrogen) atoms. The Balaban J connectivity index is 2.06. The fourth-order valence-corrected chi connectivity index (χ4v) is 4.56. The average Bonchev–Trinajstić information content (AvgIpc) is 2.65. The predicted molar refractivity (Wildman–Crippen MR) is 105 cm³/mol. The number of nitrogens with zero attached hydrogens (tertiary/aromatic N) is 1. The molecule has 0 unspecified atom stereocenters. The first kappa shape index (κ1) is 20.6. The van der Waals surface area contributed by atoms with Crippen molar-refractivity contribution in [2.75, 3.05) is 30.7 Å². The summed E-state index contributed by atoms with van der Waals surface area (Å²) in [7, 11) is -4.15. The third kappa shape index (κ3) is 4.45. The number of hydrogen-bond acceptors (Lipinski definition) is 6. The van der Waals surface area contributed by atoms with E-state index >= 15 is 0 Å². The summed E-state index contributed by atoms with van der Waals surface area (Å²) in [5.74, 6) is 0.0557. The van der Waals surface area contributed by atoms with Gasteiger partial charge in [-0.15, -0.1) is 0 Å². The van der Waals surface area contributed by atoms with Gasteiger partial charge in [-0.2, -0.15) is 0 Å². The van der Waals surface area contributed by atoms with Gasteiger partial charge in [0.1, 0.15) is 19.8 Å². The molecule has 1 heterocycles. The molecular formula is C18H17Cl2NO6S. The summed E-state index contributed by atoms with van der Waals surface area (Å²) in [6.07, 6.45) is 0. The largest absolute Gasteiger partial charge is 0.486 e. The lowest BCUT2D eigenvalue weighted by Crippen LogP contribution is -2.36. The summed E-state index contributed by atoms with van der Waals surface area (Å²) in [5, 5.41) is 0.461. The van der Waals surface area contributed by atoms with Gasteiger partial charge in [-0.05, 0) is 37.3 Å². The maximum atomic E-state index is 13.3.